The molecule has 1 aromatic rings. The van der Waals surface area contributed by atoms with E-state index >= 15 is 0 Å². The van der Waals surface area contributed by atoms with E-state index in [1.54, 1.807) is 19.1 Å². The molecule has 0 atom stereocenters. The molecule has 0 aromatic heterocycles. The first kappa shape index (κ1) is 16.3. The number of rotatable bonds is 8. The molecule has 7 heteroatoms. The van der Waals surface area contributed by atoms with E-state index < -0.39 is 10.0 Å². The van der Waals surface area contributed by atoms with Gasteiger partial charge in [0.1, 0.15) is 0 Å². The van der Waals surface area contributed by atoms with Gasteiger partial charge >= 0.3 is 0 Å². The zero-order valence-electron chi connectivity index (χ0n) is 10.9. The molecule has 0 radical (unpaired) electrons. The molecule has 0 spiro atoms. The van der Waals surface area contributed by atoms with E-state index in [-0.39, 0.29) is 18.9 Å². The average Bonchev–Trinajstić information content (AvgIpc) is 2.38. The lowest BCUT2D eigenvalue weighted by molar-refractivity contribution is 0.257. The van der Waals surface area contributed by atoms with Crippen molar-refractivity contribution in [2.75, 3.05) is 36.9 Å². The van der Waals surface area contributed by atoms with Crippen molar-refractivity contribution in [1.29, 1.82) is 0 Å². The van der Waals surface area contributed by atoms with Crippen molar-refractivity contribution in [2.24, 2.45) is 0 Å². The molecule has 0 aliphatic rings. The summed E-state index contributed by atoms with van der Waals surface area (Å²) >= 11 is 1.48. The Labute approximate surface area is 118 Å². The van der Waals surface area contributed by atoms with E-state index in [0.29, 0.717) is 18.0 Å². The molecule has 0 amide bonds. The Morgan fingerprint density at radius 2 is 1.95 bits per heavy atom. The molecule has 1 aromatic carbocycles. The summed E-state index contributed by atoms with van der Waals surface area (Å²) in [4.78, 5) is 0.995. The van der Waals surface area contributed by atoms with Crippen molar-refractivity contribution in [1.82, 2.24) is 4.31 Å². The van der Waals surface area contributed by atoms with Gasteiger partial charge in [0.15, 0.2) is 0 Å². The number of thioether (sulfide) groups is 1. The number of hydrogen-bond acceptors (Lipinski definition) is 5. The highest BCUT2D eigenvalue weighted by molar-refractivity contribution is 8.00. The lowest BCUT2D eigenvalue weighted by Crippen LogP contribution is -2.35. The molecule has 0 aliphatic carbocycles. The quantitative estimate of drug-likeness (QED) is 0.553. The Morgan fingerprint density at radius 3 is 2.47 bits per heavy atom. The number of nitrogens with two attached hydrogens (primary N) is 1. The molecule has 0 fully saturated rings. The van der Waals surface area contributed by atoms with E-state index in [1.165, 1.54) is 16.1 Å². The Hall–Kier alpha value is -0.760. The Morgan fingerprint density at radius 1 is 1.32 bits per heavy atom. The molecular formula is C12H20N2O3S2. The van der Waals surface area contributed by atoms with Gasteiger partial charge in [-0.3, -0.25) is 0 Å². The van der Waals surface area contributed by atoms with Crippen LogP contribution in [0.5, 0.6) is 0 Å². The molecule has 19 heavy (non-hydrogen) atoms. The van der Waals surface area contributed by atoms with Gasteiger partial charge in [0, 0.05) is 29.4 Å². The predicted molar refractivity (Wildman–Crippen MR) is 79.7 cm³/mol. The first-order chi connectivity index (χ1) is 8.99. The van der Waals surface area contributed by atoms with Crippen molar-refractivity contribution in [3.63, 3.8) is 0 Å². The minimum atomic E-state index is -3.29. The summed E-state index contributed by atoms with van der Waals surface area (Å²) in [6.07, 6.45) is 0. The summed E-state index contributed by atoms with van der Waals surface area (Å²) in [5, 5.41) is 8.84. The standard InChI is InChI=1S/C12H20N2O3S2/c1-2-14(7-8-15)19(16,17)10-9-18-12-5-3-11(13)4-6-12/h3-6,15H,2,7-10,13H2,1H3. The van der Waals surface area contributed by atoms with Gasteiger partial charge in [-0.05, 0) is 24.3 Å². The highest BCUT2D eigenvalue weighted by atomic mass is 32.2. The van der Waals surface area contributed by atoms with Crippen molar-refractivity contribution < 1.29 is 13.5 Å². The summed E-state index contributed by atoms with van der Waals surface area (Å²) in [6.45, 7) is 2.15. The number of likely N-dealkylation sites (N-methyl/N-ethyl adjacent to an activating group) is 1. The van der Waals surface area contributed by atoms with Crippen LogP contribution in [0.15, 0.2) is 29.2 Å². The maximum absolute atomic E-state index is 12.0. The fraction of sp³-hybridized carbons (Fsp3) is 0.500. The summed E-state index contributed by atoms with van der Waals surface area (Å²) < 4.78 is 25.3. The van der Waals surface area contributed by atoms with Gasteiger partial charge in [-0.2, -0.15) is 4.31 Å². The van der Waals surface area contributed by atoms with E-state index in [0.717, 1.165) is 4.90 Å². The van der Waals surface area contributed by atoms with Crippen LogP contribution in [0.1, 0.15) is 6.92 Å². The molecule has 1 rings (SSSR count). The van der Waals surface area contributed by atoms with Gasteiger partial charge in [-0.25, -0.2) is 8.42 Å². The number of nitrogen functional groups attached to an aromatic ring is 1. The molecule has 0 unspecified atom stereocenters. The molecule has 0 saturated carbocycles. The minimum Gasteiger partial charge on any atom is -0.399 e. The Kier molecular flexibility index (Phi) is 6.64. The smallest absolute Gasteiger partial charge is 0.214 e. The molecule has 0 saturated heterocycles. The first-order valence-electron chi connectivity index (χ1n) is 6.06. The molecule has 0 heterocycles. The normalized spacial score (nSPS) is 11.9. The Bertz CT molecular complexity index is 474. The number of aliphatic hydroxyl groups excluding tert-OH is 1. The molecule has 0 aliphatic heterocycles. The zero-order valence-corrected chi connectivity index (χ0v) is 12.6. The monoisotopic (exact) mass is 304 g/mol. The minimum absolute atomic E-state index is 0.0654. The second kappa shape index (κ2) is 7.74. The van der Waals surface area contributed by atoms with Crippen LogP contribution in [0, 0.1) is 0 Å². The van der Waals surface area contributed by atoms with Gasteiger partial charge in [-0.1, -0.05) is 6.92 Å². The fourth-order valence-electron chi connectivity index (χ4n) is 1.56. The van der Waals surface area contributed by atoms with Crippen LogP contribution in [-0.4, -0.2) is 49.0 Å². The maximum Gasteiger partial charge on any atom is 0.214 e. The van der Waals surface area contributed by atoms with E-state index in [9.17, 15) is 8.42 Å². The molecule has 5 nitrogen and oxygen atoms in total. The van der Waals surface area contributed by atoms with Crippen molar-refractivity contribution >= 4 is 27.5 Å². The van der Waals surface area contributed by atoms with Gasteiger partial charge < -0.3 is 10.8 Å². The highest BCUT2D eigenvalue weighted by Crippen LogP contribution is 2.19. The summed E-state index contributed by atoms with van der Waals surface area (Å²) in [7, 11) is -3.29. The lowest BCUT2D eigenvalue weighted by Gasteiger charge is -2.19. The third kappa shape index (κ3) is 5.40. The number of aliphatic hydroxyl groups is 1. The zero-order chi connectivity index (χ0) is 14.3. The first-order valence-corrected chi connectivity index (χ1v) is 8.66. The average molecular weight is 304 g/mol. The van der Waals surface area contributed by atoms with Crippen LogP contribution in [0.25, 0.3) is 0 Å². The van der Waals surface area contributed by atoms with Crippen molar-refractivity contribution in [3.8, 4) is 0 Å². The van der Waals surface area contributed by atoms with Gasteiger partial charge in [-0.15, -0.1) is 11.8 Å². The van der Waals surface area contributed by atoms with Crippen LogP contribution in [0.3, 0.4) is 0 Å². The maximum atomic E-state index is 12.0. The van der Waals surface area contributed by atoms with Crippen LogP contribution in [0.4, 0.5) is 5.69 Å². The third-order valence-electron chi connectivity index (χ3n) is 2.59. The molecular weight excluding hydrogens is 284 g/mol. The number of nitrogens with zero attached hydrogens (tertiary/aromatic N) is 1. The SMILES string of the molecule is CCN(CCO)S(=O)(=O)CCSc1ccc(N)cc1. The second-order valence-electron chi connectivity index (χ2n) is 3.95. The molecule has 3 N–H and O–H groups in total. The Balaban J connectivity index is 2.49. The number of benzene rings is 1. The van der Waals surface area contributed by atoms with Gasteiger partial charge in [0.2, 0.25) is 10.0 Å². The van der Waals surface area contributed by atoms with E-state index in [1.807, 2.05) is 12.1 Å². The van der Waals surface area contributed by atoms with E-state index in [2.05, 4.69) is 0 Å². The lowest BCUT2D eigenvalue weighted by atomic mass is 10.3. The molecule has 0 bridgehead atoms. The van der Waals surface area contributed by atoms with Crippen LogP contribution < -0.4 is 5.73 Å². The number of sulfonamides is 1. The summed E-state index contributed by atoms with van der Waals surface area (Å²) in [6, 6.07) is 7.33. The van der Waals surface area contributed by atoms with E-state index in [4.69, 9.17) is 10.8 Å². The third-order valence-corrected chi connectivity index (χ3v) is 5.81. The number of hydrogen-bond donors (Lipinski definition) is 2. The second-order valence-corrected chi connectivity index (χ2v) is 7.21. The topological polar surface area (TPSA) is 83.6 Å². The number of anilines is 1. The predicted octanol–water partition coefficient (Wildman–Crippen LogP) is 1.00. The van der Waals surface area contributed by atoms with Gasteiger partial charge in [0.05, 0.1) is 12.4 Å². The summed E-state index contributed by atoms with van der Waals surface area (Å²) in [5.74, 6) is 0.546. The largest absolute Gasteiger partial charge is 0.399 e. The summed E-state index contributed by atoms with van der Waals surface area (Å²) in [5.41, 5.74) is 6.27. The van der Waals surface area contributed by atoms with Crippen LogP contribution in [0.2, 0.25) is 0 Å². The van der Waals surface area contributed by atoms with Crippen LogP contribution >= 0.6 is 11.8 Å². The van der Waals surface area contributed by atoms with Crippen molar-refractivity contribution in [2.45, 2.75) is 11.8 Å². The fourth-order valence-corrected chi connectivity index (χ4v) is 4.31. The molecule has 108 valence electrons. The van der Waals surface area contributed by atoms with Crippen molar-refractivity contribution in [3.05, 3.63) is 24.3 Å². The van der Waals surface area contributed by atoms with Gasteiger partial charge in [0.25, 0.3) is 0 Å². The van der Waals surface area contributed by atoms with Crippen LogP contribution in [-0.2, 0) is 10.0 Å². The highest BCUT2D eigenvalue weighted by Gasteiger charge is 2.19.